The van der Waals surface area contributed by atoms with Gasteiger partial charge in [-0.05, 0) is 37.5 Å². The van der Waals surface area contributed by atoms with Gasteiger partial charge in [-0.25, -0.2) is 0 Å². The maximum Gasteiger partial charge on any atom is 0.293 e. The predicted octanol–water partition coefficient (Wildman–Crippen LogP) is 3.41. The van der Waals surface area contributed by atoms with E-state index in [2.05, 4.69) is 17.4 Å². The van der Waals surface area contributed by atoms with Crippen LogP contribution in [0.2, 0.25) is 0 Å². The van der Waals surface area contributed by atoms with E-state index in [1.54, 1.807) is 31.1 Å². The summed E-state index contributed by atoms with van der Waals surface area (Å²) in [5.74, 6) is -0.297. The molecule has 0 fully saturated rings. The van der Waals surface area contributed by atoms with Crippen LogP contribution in [0.15, 0.2) is 48.5 Å². The van der Waals surface area contributed by atoms with E-state index in [9.17, 15) is 14.9 Å². The molecule has 1 amide bonds. The van der Waals surface area contributed by atoms with E-state index in [4.69, 9.17) is 0 Å². The lowest BCUT2D eigenvalue weighted by atomic mass is 10.1. The summed E-state index contributed by atoms with van der Waals surface area (Å²) in [6.45, 7) is 1.93. The number of carbonyl (C=O) groups is 1. The molecule has 0 aromatic heterocycles. The van der Waals surface area contributed by atoms with Crippen molar-refractivity contribution in [2.24, 2.45) is 0 Å². The molecule has 132 valence electrons. The molecule has 0 aliphatic rings. The van der Waals surface area contributed by atoms with Crippen LogP contribution >= 0.6 is 0 Å². The summed E-state index contributed by atoms with van der Waals surface area (Å²) in [5.41, 5.74) is 1.91. The van der Waals surface area contributed by atoms with Crippen LogP contribution in [-0.4, -0.2) is 31.0 Å². The van der Waals surface area contributed by atoms with Crippen LogP contribution in [-0.2, 0) is 6.42 Å². The summed E-state index contributed by atoms with van der Waals surface area (Å²) < 4.78 is 0. The number of carbonyl (C=O) groups excluding carboxylic acids is 1. The molecule has 0 heterocycles. The zero-order valence-electron chi connectivity index (χ0n) is 14.7. The smallest absolute Gasteiger partial charge is 0.293 e. The molecular weight excluding hydrogens is 318 g/mol. The fraction of sp³-hybridized carbons (Fsp3) is 0.316. The van der Waals surface area contributed by atoms with Gasteiger partial charge in [-0.2, -0.15) is 0 Å². The Balaban J connectivity index is 2.02. The van der Waals surface area contributed by atoms with Crippen LogP contribution in [0, 0.1) is 10.1 Å². The van der Waals surface area contributed by atoms with E-state index in [1.807, 2.05) is 25.1 Å². The molecular formula is C19H23N3O3. The quantitative estimate of drug-likeness (QED) is 0.618. The maximum absolute atomic E-state index is 12.4. The number of benzene rings is 2. The molecule has 6 heteroatoms. The summed E-state index contributed by atoms with van der Waals surface area (Å²) in [4.78, 5) is 24.8. The van der Waals surface area contributed by atoms with Crippen LogP contribution in [0.3, 0.4) is 0 Å². The first-order valence-corrected chi connectivity index (χ1v) is 8.19. The highest BCUT2D eigenvalue weighted by Crippen LogP contribution is 2.27. The van der Waals surface area contributed by atoms with Gasteiger partial charge in [-0.15, -0.1) is 0 Å². The minimum atomic E-state index is -0.467. The first-order chi connectivity index (χ1) is 11.9. The third-order valence-corrected chi connectivity index (χ3v) is 4.00. The highest BCUT2D eigenvalue weighted by Gasteiger charge is 2.19. The molecule has 1 atom stereocenters. The van der Waals surface area contributed by atoms with Gasteiger partial charge >= 0.3 is 0 Å². The van der Waals surface area contributed by atoms with E-state index in [0.29, 0.717) is 11.3 Å². The van der Waals surface area contributed by atoms with E-state index >= 15 is 0 Å². The molecule has 0 spiro atoms. The lowest BCUT2D eigenvalue weighted by Gasteiger charge is -2.16. The largest absolute Gasteiger partial charge is 0.372 e. The number of amides is 1. The molecule has 0 bridgehead atoms. The van der Waals surface area contributed by atoms with Crippen molar-refractivity contribution in [1.82, 2.24) is 5.32 Å². The molecule has 0 aliphatic heterocycles. The van der Waals surface area contributed by atoms with Crippen LogP contribution < -0.4 is 10.2 Å². The van der Waals surface area contributed by atoms with Crippen molar-refractivity contribution in [3.05, 3.63) is 69.8 Å². The summed E-state index contributed by atoms with van der Waals surface area (Å²) in [6, 6.07) is 14.6. The van der Waals surface area contributed by atoms with Crippen molar-refractivity contribution < 1.29 is 9.72 Å². The number of rotatable bonds is 7. The molecule has 1 N–H and O–H groups in total. The lowest BCUT2D eigenvalue weighted by Crippen LogP contribution is -2.33. The van der Waals surface area contributed by atoms with Gasteiger partial charge in [0, 0.05) is 31.8 Å². The molecule has 6 nitrogen and oxygen atoms in total. The van der Waals surface area contributed by atoms with Gasteiger partial charge in [0.25, 0.3) is 11.6 Å². The van der Waals surface area contributed by atoms with E-state index in [-0.39, 0.29) is 17.6 Å². The second kappa shape index (κ2) is 8.28. The molecule has 2 rings (SSSR count). The van der Waals surface area contributed by atoms with Gasteiger partial charge in [-0.1, -0.05) is 30.3 Å². The Bertz CT molecular complexity index is 745. The number of aryl methyl sites for hydroxylation is 1. The van der Waals surface area contributed by atoms with Crippen molar-refractivity contribution in [1.29, 1.82) is 0 Å². The highest BCUT2D eigenvalue weighted by molar-refractivity contribution is 5.95. The van der Waals surface area contributed by atoms with Crippen LogP contribution in [0.1, 0.15) is 29.3 Å². The highest BCUT2D eigenvalue weighted by atomic mass is 16.6. The van der Waals surface area contributed by atoms with Gasteiger partial charge < -0.3 is 10.2 Å². The maximum atomic E-state index is 12.4. The zero-order chi connectivity index (χ0) is 18.4. The number of anilines is 1. The Hall–Kier alpha value is -2.89. The Labute approximate surface area is 147 Å². The average Bonchev–Trinajstić information content (AvgIpc) is 2.60. The molecule has 0 radical (unpaired) electrons. The Morgan fingerprint density at radius 3 is 2.48 bits per heavy atom. The molecule has 25 heavy (non-hydrogen) atoms. The van der Waals surface area contributed by atoms with Gasteiger partial charge in [0.2, 0.25) is 0 Å². The number of nitro groups is 1. The minimum absolute atomic E-state index is 0.0275. The molecule has 1 unspecified atom stereocenters. The predicted molar refractivity (Wildman–Crippen MR) is 99.1 cm³/mol. The molecule has 2 aromatic rings. The number of hydrogen-bond donors (Lipinski definition) is 1. The first kappa shape index (κ1) is 18.4. The fourth-order valence-corrected chi connectivity index (χ4v) is 2.60. The number of nitrogens with one attached hydrogen (secondary N) is 1. The van der Waals surface area contributed by atoms with E-state index < -0.39 is 4.92 Å². The zero-order valence-corrected chi connectivity index (χ0v) is 14.7. The standard InChI is InChI=1S/C19H23N3O3/c1-14(9-10-15-7-5-4-6-8-15)20-19(23)16-11-12-17(21(2)3)18(13-16)22(24)25/h4-8,11-14H,9-10H2,1-3H3,(H,20,23). The van der Waals surface area contributed by atoms with Crippen LogP contribution in [0.25, 0.3) is 0 Å². The number of hydrogen-bond acceptors (Lipinski definition) is 4. The first-order valence-electron chi connectivity index (χ1n) is 8.19. The van der Waals surface area contributed by atoms with Crippen LogP contribution in [0.5, 0.6) is 0 Å². The summed E-state index contributed by atoms with van der Waals surface area (Å²) in [6.07, 6.45) is 1.66. The summed E-state index contributed by atoms with van der Waals surface area (Å²) in [7, 11) is 3.46. The van der Waals surface area contributed by atoms with Crippen molar-refractivity contribution in [2.75, 3.05) is 19.0 Å². The topological polar surface area (TPSA) is 75.5 Å². The minimum Gasteiger partial charge on any atom is -0.372 e. The Morgan fingerprint density at radius 1 is 1.20 bits per heavy atom. The normalized spacial score (nSPS) is 11.6. The molecule has 0 aliphatic carbocycles. The average molecular weight is 341 g/mol. The van der Waals surface area contributed by atoms with Crippen LogP contribution in [0.4, 0.5) is 11.4 Å². The number of nitro benzene ring substituents is 1. The monoisotopic (exact) mass is 341 g/mol. The SMILES string of the molecule is CC(CCc1ccccc1)NC(=O)c1ccc(N(C)C)c([N+](=O)[O-])c1. The Kier molecular flexibility index (Phi) is 6.11. The van der Waals surface area contributed by atoms with Gasteiger partial charge in [0.15, 0.2) is 0 Å². The van der Waals surface area contributed by atoms with Crippen molar-refractivity contribution >= 4 is 17.3 Å². The summed E-state index contributed by atoms with van der Waals surface area (Å²) in [5, 5.41) is 14.1. The summed E-state index contributed by atoms with van der Waals surface area (Å²) >= 11 is 0. The molecule has 2 aromatic carbocycles. The molecule has 0 saturated carbocycles. The second-order valence-electron chi connectivity index (χ2n) is 6.25. The van der Waals surface area contributed by atoms with Crippen molar-refractivity contribution in [3.8, 4) is 0 Å². The van der Waals surface area contributed by atoms with E-state index in [0.717, 1.165) is 12.8 Å². The fourth-order valence-electron chi connectivity index (χ4n) is 2.60. The second-order valence-corrected chi connectivity index (χ2v) is 6.25. The van der Waals surface area contributed by atoms with Crippen molar-refractivity contribution in [3.63, 3.8) is 0 Å². The third-order valence-electron chi connectivity index (χ3n) is 4.00. The van der Waals surface area contributed by atoms with E-state index in [1.165, 1.54) is 11.6 Å². The van der Waals surface area contributed by atoms with Gasteiger partial charge in [-0.3, -0.25) is 14.9 Å². The molecule has 0 saturated heterocycles. The third kappa shape index (κ3) is 5.04. The van der Waals surface area contributed by atoms with Gasteiger partial charge in [0.05, 0.1) is 4.92 Å². The Morgan fingerprint density at radius 2 is 1.88 bits per heavy atom. The number of nitrogens with zero attached hydrogens (tertiary/aromatic N) is 2. The lowest BCUT2D eigenvalue weighted by molar-refractivity contribution is -0.384. The van der Waals surface area contributed by atoms with Gasteiger partial charge in [0.1, 0.15) is 5.69 Å². The van der Waals surface area contributed by atoms with Crippen molar-refractivity contribution in [2.45, 2.75) is 25.8 Å².